The van der Waals surface area contributed by atoms with Crippen molar-refractivity contribution >= 4 is 34.6 Å². The van der Waals surface area contributed by atoms with Crippen molar-refractivity contribution in [3.63, 3.8) is 0 Å². The van der Waals surface area contributed by atoms with Gasteiger partial charge in [0.2, 0.25) is 0 Å². The molecule has 0 spiro atoms. The summed E-state index contributed by atoms with van der Waals surface area (Å²) in [4.78, 5) is 12.9. The monoisotopic (exact) mass is 313 g/mol. The average molecular weight is 314 g/mol. The summed E-state index contributed by atoms with van der Waals surface area (Å²) in [5, 5.41) is 0.0381. The van der Waals surface area contributed by atoms with Crippen molar-refractivity contribution in [3.8, 4) is 10.4 Å². The van der Waals surface area contributed by atoms with Gasteiger partial charge in [0.05, 0.1) is 17.8 Å². The third kappa shape index (κ3) is 2.51. The molecule has 1 heterocycles. The molecule has 3 nitrogen and oxygen atoms in total. The lowest BCUT2D eigenvalue weighted by Crippen LogP contribution is -2.02. The molecule has 0 unspecified atom stereocenters. The number of ether oxygens (including phenoxy) is 1. The summed E-state index contributed by atoms with van der Waals surface area (Å²) in [5.41, 5.74) is 8.00. The van der Waals surface area contributed by atoms with E-state index in [1.807, 2.05) is 6.92 Å². The first-order valence-electron chi connectivity index (χ1n) is 5.94. The molecule has 0 atom stereocenters. The van der Waals surface area contributed by atoms with E-state index < -0.39 is 11.8 Å². The smallest absolute Gasteiger partial charge is 0.350 e. The summed E-state index contributed by atoms with van der Waals surface area (Å²) in [7, 11) is 1.31. The van der Waals surface area contributed by atoms with Gasteiger partial charge in [0, 0.05) is 4.88 Å². The molecule has 0 saturated heterocycles. The van der Waals surface area contributed by atoms with Crippen LogP contribution in [0.3, 0.4) is 0 Å². The molecular weight excluding hydrogens is 301 g/mol. The molecule has 2 rings (SSSR count). The van der Waals surface area contributed by atoms with E-state index >= 15 is 0 Å². The van der Waals surface area contributed by atoms with Crippen LogP contribution >= 0.6 is 22.9 Å². The van der Waals surface area contributed by atoms with Crippen molar-refractivity contribution in [1.29, 1.82) is 0 Å². The maximum Gasteiger partial charge on any atom is 0.350 e. The zero-order chi connectivity index (χ0) is 14.9. The molecule has 6 heteroatoms. The number of carbonyl (C=O) groups excluding carboxylic acids is 1. The van der Waals surface area contributed by atoms with Gasteiger partial charge >= 0.3 is 5.97 Å². The predicted octanol–water partition coefficient (Wildman–Crippen LogP) is 4.14. The number of hydrogen-bond acceptors (Lipinski definition) is 4. The summed E-state index contributed by atoms with van der Waals surface area (Å²) in [5.74, 6) is -0.951. The topological polar surface area (TPSA) is 52.3 Å². The highest BCUT2D eigenvalue weighted by atomic mass is 35.5. The van der Waals surface area contributed by atoms with Gasteiger partial charge in [-0.3, -0.25) is 0 Å². The normalized spacial score (nSPS) is 10.6. The van der Waals surface area contributed by atoms with Crippen LogP contribution in [0.25, 0.3) is 10.4 Å². The maximum absolute atomic E-state index is 13.2. The van der Waals surface area contributed by atoms with Gasteiger partial charge in [-0.05, 0) is 29.7 Å². The second kappa shape index (κ2) is 5.81. The Morgan fingerprint density at radius 2 is 2.20 bits per heavy atom. The molecule has 106 valence electrons. The van der Waals surface area contributed by atoms with E-state index in [0.717, 1.165) is 16.0 Å². The lowest BCUT2D eigenvalue weighted by molar-refractivity contribution is 0.0607. The van der Waals surface area contributed by atoms with Gasteiger partial charge in [-0.1, -0.05) is 24.6 Å². The molecule has 0 saturated carbocycles. The molecule has 20 heavy (non-hydrogen) atoms. The molecule has 2 aromatic rings. The van der Waals surface area contributed by atoms with E-state index in [1.54, 1.807) is 6.07 Å². The van der Waals surface area contributed by atoms with Gasteiger partial charge in [-0.2, -0.15) is 0 Å². The SMILES string of the molecule is CCc1c(-c2ccc(F)c(Cl)c2)sc(C(=O)OC)c1N. The largest absolute Gasteiger partial charge is 0.465 e. The van der Waals surface area contributed by atoms with Gasteiger partial charge in [-0.25, -0.2) is 9.18 Å². The van der Waals surface area contributed by atoms with Gasteiger partial charge in [-0.15, -0.1) is 11.3 Å². The van der Waals surface area contributed by atoms with Crippen molar-refractivity contribution in [2.75, 3.05) is 12.8 Å². The van der Waals surface area contributed by atoms with Gasteiger partial charge < -0.3 is 10.5 Å². The quantitative estimate of drug-likeness (QED) is 0.866. The molecule has 2 N–H and O–H groups in total. The minimum absolute atomic E-state index is 0.0381. The lowest BCUT2D eigenvalue weighted by atomic mass is 10.1. The van der Waals surface area contributed by atoms with E-state index in [1.165, 1.54) is 30.6 Å². The molecule has 0 fully saturated rings. The number of halogens is 2. The van der Waals surface area contributed by atoms with Crippen LogP contribution in [0, 0.1) is 5.82 Å². The molecule has 0 radical (unpaired) electrons. The van der Waals surface area contributed by atoms with Crippen LogP contribution in [0.15, 0.2) is 18.2 Å². The Kier molecular flexibility index (Phi) is 4.30. The Morgan fingerprint density at radius 1 is 1.50 bits per heavy atom. The molecule has 0 aliphatic heterocycles. The van der Waals surface area contributed by atoms with Crippen molar-refractivity contribution in [1.82, 2.24) is 0 Å². The standard InChI is InChI=1S/C14H13ClFNO2S/c1-3-8-11(17)13(14(18)19-2)20-12(8)7-4-5-10(16)9(15)6-7/h4-6H,3,17H2,1-2H3. The molecular formula is C14H13ClFNO2S. The Hall–Kier alpha value is -1.59. The van der Waals surface area contributed by atoms with E-state index in [0.29, 0.717) is 17.0 Å². The maximum atomic E-state index is 13.2. The highest BCUT2D eigenvalue weighted by Gasteiger charge is 2.21. The third-order valence-electron chi connectivity index (χ3n) is 2.95. The first-order chi connectivity index (χ1) is 9.49. The number of thiophene rings is 1. The van der Waals surface area contributed by atoms with Crippen LogP contribution in [-0.4, -0.2) is 13.1 Å². The number of hydrogen-bond donors (Lipinski definition) is 1. The number of nitrogens with two attached hydrogens (primary N) is 1. The van der Waals surface area contributed by atoms with Crippen molar-refractivity contribution in [2.24, 2.45) is 0 Å². The summed E-state index contributed by atoms with van der Waals surface area (Å²) in [6.45, 7) is 1.94. The first kappa shape index (κ1) is 14.8. The molecule has 0 aliphatic carbocycles. The molecule has 0 aliphatic rings. The Bertz CT molecular complexity index is 669. The zero-order valence-corrected chi connectivity index (χ0v) is 12.6. The van der Waals surface area contributed by atoms with Gasteiger partial charge in [0.1, 0.15) is 10.7 Å². The summed E-state index contributed by atoms with van der Waals surface area (Å²) in [6.07, 6.45) is 0.656. The second-order valence-corrected chi connectivity index (χ2v) is 5.55. The summed E-state index contributed by atoms with van der Waals surface area (Å²) < 4.78 is 18.0. The highest BCUT2D eigenvalue weighted by Crippen LogP contribution is 2.40. The highest BCUT2D eigenvalue weighted by molar-refractivity contribution is 7.18. The number of rotatable bonds is 3. The second-order valence-electron chi connectivity index (χ2n) is 4.13. The summed E-state index contributed by atoms with van der Waals surface area (Å²) in [6, 6.07) is 4.44. The van der Waals surface area contributed by atoms with Crippen molar-refractivity contribution in [3.05, 3.63) is 39.5 Å². The molecule has 1 aromatic carbocycles. The van der Waals surface area contributed by atoms with Crippen molar-refractivity contribution in [2.45, 2.75) is 13.3 Å². The van der Waals surface area contributed by atoms with Crippen LogP contribution in [0.4, 0.5) is 10.1 Å². The van der Waals surface area contributed by atoms with Crippen LogP contribution in [0.5, 0.6) is 0 Å². The minimum Gasteiger partial charge on any atom is -0.465 e. The van der Waals surface area contributed by atoms with E-state index in [9.17, 15) is 9.18 Å². The Balaban J connectivity index is 2.61. The average Bonchev–Trinajstić information content (AvgIpc) is 2.78. The molecule has 1 aromatic heterocycles. The molecule has 0 amide bonds. The first-order valence-corrected chi connectivity index (χ1v) is 7.13. The number of esters is 1. The van der Waals surface area contributed by atoms with Gasteiger partial charge in [0.25, 0.3) is 0 Å². The fraction of sp³-hybridized carbons (Fsp3) is 0.214. The zero-order valence-electron chi connectivity index (χ0n) is 11.0. The summed E-state index contributed by atoms with van der Waals surface area (Å²) >= 11 is 7.03. The number of carbonyl (C=O) groups is 1. The number of anilines is 1. The number of methoxy groups -OCH3 is 1. The Labute approximate surface area is 125 Å². The van der Waals surface area contributed by atoms with Crippen LogP contribution in [-0.2, 0) is 11.2 Å². The van der Waals surface area contributed by atoms with Crippen molar-refractivity contribution < 1.29 is 13.9 Å². The van der Waals surface area contributed by atoms with Crippen LogP contribution < -0.4 is 5.73 Å². The fourth-order valence-corrected chi connectivity index (χ4v) is 3.35. The minimum atomic E-state index is -0.480. The predicted molar refractivity (Wildman–Crippen MR) is 79.9 cm³/mol. The van der Waals surface area contributed by atoms with E-state index in [4.69, 9.17) is 22.1 Å². The fourth-order valence-electron chi connectivity index (χ4n) is 1.94. The molecule has 0 bridgehead atoms. The number of benzene rings is 1. The lowest BCUT2D eigenvalue weighted by Gasteiger charge is -2.04. The van der Waals surface area contributed by atoms with Gasteiger partial charge in [0.15, 0.2) is 0 Å². The Morgan fingerprint density at radius 3 is 2.75 bits per heavy atom. The van der Waals surface area contributed by atoms with E-state index in [2.05, 4.69) is 0 Å². The van der Waals surface area contributed by atoms with Crippen LogP contribution in [0.1, 0.15) is 22.2 Å². The van der Waals surface area contributed by atoms with Crippen LogP contribution in [0.2, 0.25) is 5.02 Å². The third-order valence-corrected chi connectivity index (χ3v) is 4.52. The van der Waals surface area contributed by atoms with E-state index in [-0.39, 0.29) is 5.02 Å². The number of nitrogen functional groups attached to an aromatic ring is 1.